The monoisotopic (exact) mass is 366 g/mol. The molecule has 116 valence electrons. The van der Waals surface area contributed by atoms with E-state index in [2.05, 4.69) is 22.5 Å². The summed E-state index contributed by atoms with van der Waals surface area (Å²) in [4.78, 5) is 0. The van der Waals surface area contributed by atoms with E-state index >= 15 is 0 Å². The third kappa shape index (κ3) is 3.71. The molecule has 0 fully saturated rings. The highest BCUT2D eigenvalue weighted by atomic mass is 79.9. The number of benzene rings is 1. The minimum atomic E-state index is -4.44. The summed E-state index contributed by atoms with van der Waals surface area (Å²) in [6.07, 6.45) is -5.65. The zero-order valence-corrected chi connectivity index (χ0v) is 12.6. The Kier molecular flexibility index (Phi) is 4.83. The molecule has 1 heterocycles. The number of aliphatic hydroxyl groups excluding tert-OH is 1. The van der Waals surface area contributed by atoms with Crippen molar-refractivity contribution in [1.29, 1.82) is 0 Å². The van der Waals surface area contributed by atoms with Crippen LogP contribution in [-0.4, -0.2) is 24.2 Å². The standard InChI is InChI=1S/C14H14BrF3O3/c1-2-3-8(10(19)6-14(16,17)18)12-9(15)4-5-11-13(12)21-7-20-11/h2,4-5,8,10,19H,1,3,6-7H2/t8-,10-/m1/s1. The molecule has 0 saturated heterocycles. The fourth-order valence-electron chi connectivity index (χ4n) is 2.34. The van der Waals surface area contributed by atoms with E-state index < -0.39 is 24.6 Å². The zero-order chi connectivity index (χ0) is 15.6. The summed E-state index contributed by atoms with van der Waals surface area (Å²) in [6.45, 7) is 3.56. The van der Waals surface area contributed by atoms with Gasteiger partial charge in [0.25, 0.3) is 0 Å². The average molecular weight is 367 g/mol. The molecule has 1 aromatic rings. The van der Waals surface area contributed by atoms with Crippen molar-refractivity contribution in [1.82, 2.24) is 0 Å². The number of hydrogen-bond acceptors (Lipinski definition) is 3. The van der Waals surface area contributed by atoms with Gasteiger partial charge in [-0.2, -0.15) is 13.2 Å². The first-order valence-corrected chi connectivity index (χ1v) is 7.06. The van der Waals surface area contributed by atoms with Crippen molar-refractivity contribution < 1.29 is 27.8 Å². The first-order valence-electron chi connectivity index (χ1n) is 6.27. The van der Waals surface area contributed by atoms with E-state index in [0.717, 1.165) is 0 Å². The van der Waals surface area contributed by atoms with Gasteiger partial charge < -0.3 is 14.6 Å². The molecule has 1 aliphatic heterocycles. The zero-order valence-electron chi connectivity index (χ0n) is 11.0. The smallest absolute Gasteiger partial charge is 0.391 e. The van der Waals surface area contributed by atoms with Crippen LogP contribution in [0.1, 0.15) is 24.3 Å². The van der Waals surface area contributed by atoms with Gasteiger partial charge in [-0.25, -0.2) is 0 Å². The number of ether oxygens (including phenoxy) is 2. The molecule has 1 N–H and O–H groups in total. The number of allylic oxidation sites excluding steroid dienone is 1. The summed E-state index contributed by atoms with van der Waals surface area (Å²) in [5, 5.41) is 10.00. The second-order valence-corrected chi connectivity index (χ2v) is 5.57. The summed E-state index contributed by atoms with van der Waals surface area (Å²) >= 11 is 3.31. The summed E-state index contributed by atoms with van der Waals surface area (Å²) in [6, 6.07) is 3.33. The molecule has 1 aromatic carbocycles. The largest absolute Gasteiger partial charge is 0.454 e. The van der Waals surface area contributed by atoms with Crippen LogP contribution in [0, 0.1) is 0 Å². The third-order valence-corrected chi connectivity index (χ3v) is 3.91. The Hall–Kier alpha value is -1.21. The van der Waals surface area contributed by atoms with Crippen molar-refractivity contribution in [2.45, 2.75) is 31.0 Å². The van der Waals surface area contributed by atoms with Crippen LogP contribution in [0.4, 0.5) is 13.2 Å². The molecule has 0 spiro atoms. The normalized spacial score (nSPS) is 16.6. The van der Waals surface area contributed by atoms with Gasteiger partial charge in [-0.15, -0.1) is 6.58 Å². The van der Waals surface area contributed by atoms with E-state index in [9.17, 15) is 18.3 Å². The second-order valence-electron chi connectivity index (χ2n) is 4.71. The Morgan fingerprint density at radius 3 is 2.71 bits per heavy atom. The maximum atomic E-state index is 12.5. The predicted octanol–water partition coefficient (Wildman–Crippen LogP) is 4.15. The third-order valence-electron chi connectivity index (χ3n) is 3.22. The van der Waals surface area contributed by atoms with E-state index in [1.54, 1.807) is 12.1 Å². The number of halogens is 4. The Morgan fingerprint density at radius 2 is 2.10 bits per heavy atom. The molecule has 0 radical (unpaired) electrons. The lowest BCUT2D eigenvalue weighted by Crippen LogP contribution is -2.26. The summed E-state index contributed by atoms with van der Waals surface area (Å²) < 4.78 is 48.8. The van der Waals surface area contributed by atoms with Crippen LogP contribution < -0.4 is 9.47 Å². The van der Waals surface area contributed by atoms with Crippen LogP contribution in [0.15, 0.2) is 29.3 Å². The van der Waals surface area contributed by atoms with Crippen LogP contribution in [0.5, 0.6) is 11.5 Å². The lowest BCUT2D eigenvalue weighted by molar-refractivity contribution is -0.155. The van der Waals surface area contributed by atoms with Crippen molar-refractivity contribution in [3.8, 4) is 11.5 Å². The van der Waals surface area contributed by atoms with Crippen molar-refractivity contribution in [3.05, 3.63) is 34.8 Å². The van der Waals surface area contributed by atoms with Crippen molar-refractivity contribution in [2.24, 2.45) is 0 Å². The van der Waals surface area contributed by atoms with E-state index in [1.807, 2.05) is 0 Å². The van der Waals surface area contributed by atoms with E-state index in [-0.39, 0.29) is 13.2 Å². The molecule has 2 rings (SSSR count). The van der Waals surface area contributed by atoms with Crippen LogP contribution in [0.3, 0.4) is 0 Å². The van der Waals surface area contributed by atoms with Gasteiger partial charge in [0.1, 0.15) is 0 Å². The molecule has 1 aliphatic rings. The molecule has 0 aliphatic carbocycles. The molecule has 3 nitrogen and oxygen atoms in total. The Bertz CT molecular complexity index is 531. The van der Waals surface area contributed by atoms with E-state index in [1.165, 1.54) is 6.08 Å². The summed E-state index contributed by atoms with van der Waals surface area (Å²) in [5.74, 6) is 0.0501. The molecule has 0 amide bonds. The van der Waals surface area contributed by atoms with Gasteiger partial charge in [-0.1, -0.05) is 22.0 Å². The van der Waals surface area contributed by atoms with Crippen LogP contribution in [0.25, 0.3) is 0 Å². The molecule has 0 unspecified atom stereocenters. The van der Waals surface area contributed by atoms with Crippen LogP contribution in [-0.2, 0) is 0 Å². The Labute approximate surface area is 128 Å². The lowest BCUT2D eigenvalue weighted by Gasteiger charge is -2.25. The van der Waals surface area contributed by atoms with Gasteiger partial charge in [-0.3, -0.25) is 0 Å². The SMILES string of the molecule is C=CC[C@@H](c1c(Br)ccc2c1OCO2)[C@H](O)CC(F)(F)F. The number of fused-ring (bicyclic) bond motifs is 1. The van der Waals surface area contributed by atoms with E-state index in [0.29, 0.717) is 21.5 Å². The topological polar surface area (TPSA) is 38.7 Å². The maximum Gasteiger partial charge on any atom is 0.391 e. The van der Waals surface area contributed by atoms with Crippen molar-refractivity contribution in [2.75, 3.05) is 6.79 Å². The molecule has 0 aromatic heterocycles. The quantitative estimate of drug-likeness (QED) is 0.795. The van der Waals surface area contributed by atoms with Gasteiger partial charge in [0.15, 0.2) is 11.5 Å². The summed E-state index contributed by atoms with van der Waals surface area (Å²) in [5.41, 5.74) is 0.474. The first kappa shape index (κ1) is 16.2. The maximum absolute atomic E-state index is 12.5. The van der Waals surface area contributed by atoms with Gasteiger partial charge in [-0.05, 0) is 18.6 Å². The lowest BCUT2D eigenvalue weighted by atomic mass is 9.87. The molecule has 0 saturated carbocycles. The number of aliphatic hydroxyl groups is 1. The predicted molar refractivity (Wildman–Crippen MR) is 74.5 cm³/mol. The first-order chi connectivity index (χ1) is 9.83. The number of hydrogen-bond donors (Lipinski definition) is 1. The van der Waals surface area contributed by atoms with Gasteiger partial charge in [0.05, 0.1) is 12.5 Å². The Balaban J connectivity index is 2.39. The van der Waals surface area contributed by atoms with Crippen molar-refractivity contribution in [3.63, 3.8) is 0 Å². The molecular weight excluding hydrogens is 353 g/mol. The second kappa shape index (κ2) is 6.27. The van der Waals surface area contributed by atoms with Crippen LogP contribution in [0.2, 0.25) is 0 Å². The molecular formula is C14H14BrF3O3. The summed E-state index contributed by atoms with van der Waals surface area (Å²) in [7, 11) is 0. The minimum Gasteiger partial charge on any atom is -0.454 e. The molecule has 2 atom stereocenters. The van der Waals surface area contributed by atoms with Gasteiger partial charge in [0, 0.05) is 16.0 Å². The molecule has 0 bridgehead atoms. The highest BCUT2D eigenvalue weighted by molar-refractivity contribution is 9.10. The van der Waals surface area contributed by atoms with Gasteiger partial charge in [0.2, 0.25) is 6.79 Å². The van der Waals surface area contributed by atoms with Crippen molar-refractivity contribution >= 4 is 15.9 Å². The Morgan fingerprint density at radius 1 is 1.38 bits per heavy atom. The fourth-order valence-corrected chi connectivity index (χ4v) is 2.95. The minimum absolute atomic E-state index is 0.00889. The highest BCUT2D eigenvalue weighted by Crippen LogP contribution is 2.46. The van der Waals surface area contributed by atoms with E-state index in [4.69, 9.17) is 9.47 Å². The highest BCUT2D eigenvalue weighted by Gasteiger charge is 2.37. The van der Waals surface area contributed by atoms with Gasteiger partial charge >= 0.3 is 6.18 Å². The number of alkyl halides is 3. The van der Waals surface area contributed by atoms with Crippen LogP contribution >= 0.6 is 15.9 Å². The molecule has 7 heteroatoms. The fraction of sp³-hybridized carbons (Fsp3) is 0.429. The molecule has 21 heavy (non-hydrogen) atoms. The average Bonchev–Trinajstić information content (AvgIpc) is 2.83. The number of rotatable bonds is 5.